The first-order valence-corrected chi connectivity index (χ1v) is 7.48. The zero-order valence-corrected chi connectivity index (χ0v) is 12.9. The van der Waals surface area contributed by atoms with Crippen LogP contribution < -0.4 is 4.74 Å². The van der Waals surface area contributed by atoms with E-state index in [2.05, 4.69) is 25.9 Å². The molecule has 0 N–H and O–H groups in total. The van der Waals surface area contributed by atoms with Crippen LogP contribution >= 0.6 is 15.9 Å². The van der Waals surface area contributed by atoms with Crippen molar-refractivity contribution in [1.82, 2.24) is 14.9 Å². The molecule has 0 spiro atoms. The van der Waals surface area contributed by atoms with E-state index in [1.807, 2.05) is 12.1 Å². The number of amides is 1. The van der Waals surface area contributed by atoms with Crippen molar-refractivity contribution in [2.75, 3.05) is 13.1 Å². The highest BCUT2D eigenvalue weighted by atomic mass is 79.9. The maximum Gasteiger partial charge on any atom is 0.255 e. The van der Waals surface area contributed by atoms with Gasteiger partial charge in [-0.25, -0.2) is 0 Å². The van der Waals surface area contributed by atoms with Crippen LogP contribution in [0.5, 0.6) is 5.75 Å². The molecule has 3 heterocycles. The first-order chi connectivity index (χ1) is 10.2. The molecule has 0 bridgehead atoms. The quantitative estimate of drug-likeness (QED) is 0.855. The van der Waals surface area contributed by atoms with Crippen molar-refractivity contribution in [3.8, 4) is 5.75 Å². The predicted molar refractivity (Wildman–Crippen MR) is 81.1 cm³/mol. The van der Waals surface area contributed by atoms with Gasteiger partial charge in [0.25, 0.3) is 5.91 Å². The number of nitrogens with zero attached hydrogens (tertiary/aromatic N) is 3. The summed E-state index contributed by atoms with van der Waals surface area (Å²) < 4.78 is 6.66. The Morgan fingerprint density at radius 3 is 2.86 bits per heavy atom. The van der Waals surface area contributed by atoms with Crippen LogP contribution in [0.4, 0.5) is 0 Å². The van der Waals surface area contributed by atoms with Gasteiger partial charge < -0.3 is 9.64 Å². The SMILES string of the molecule is O=C(c1cncc(Br)c1)N1CCC(Oc2ccncc2)C1. The highest BCUT2D eigenvalue weighted by Gasteiger charge is 2.28. The second-order valence-corrected chi connectivity index (χ2v) is 5.77. The molecule has 1 aliphatic rings. The molecule has 2 aromatic rings. The lowest BCUT2D eigenvalue weighted by Crippen LogP contribution is -2.31. The molecular formula is C15H14BrN3O2. The van der Waals surface area contributed by atoms with Gasteiger partial charge in [0.1, 0.15) is 11.9 Å². The molecule has 1 aliphatic heterocycles. The van der Waals surface area contributed by atoms with Crippen molar-refractivity contribution in [3.05, 3.63) is 53.0 Å². The summed E-state index contributed by atoms with van der Waals surface area (Å²) in [6.45, 7) is 1.29. The summed E-state index contributed by atoms with van der Waals surface area (Å²) in [5.74, 6) is 0.776. The van der Waals surface area contributed by atoms with Crippen molar-refractivity contribution in [1.29, 1.82) is 0 Å². The molecule has 6 heteroatoms. The van der Waals surface area contributed by atoms with Gasteiger partial charge in [-0.1, -0.05) is 0 Å². The average molecular weight is 348 g/mol. The molecule has 1 saturated heterocycles. The number of carbonyl (C=O) groups excluding carboxylic acids is 1. The molecule has 0 aliphatic carbocycles. The molecule has 108 valence electrons. The number of pyridine rings is 2. The van der Waals surface area contributed by atoms with Gasteiger partial charge in [0, 0.05) is 42.2 Å². The number of aromatic nitrogens is 2. The van der Waals surface area contributed by atoms with Gasteiger partial charge in [-0.2, -0.15) is 0 Å². The topological polar surface area (TPSA) is 55.3 Å². The number of hydrogen-bond acceptors (Lipinski definition) is 4. The molecule has 1 unspecified atom stereocenters. The third-order valence-electron chi connectivity index (χ3n) is 3.34. The molecule has 5 nitrogen and oxygen atoms in total. The highest BCUT2D eigenvalue weighted by Crippen LogP contribution is 2.20. The van der Waals surface area contributed by atoms with E-state index in [-0.39, 0.29) is 12.0 Å². The van der Waals surface area contributed by atoms with Crippen LogP contribution in [0.25, 0.3) is 0 Å². The van der Waals surface area contributed by atoms with E-state index in [4.69, 9.17) is 4.74 Å². The van der Waals surface area contributed by atoms with Crippen LogP contribution in [0, 0.1) is 0 Å². The molecule has 1 amide bonds. The van der Waals surface area contributed by atoms with Gasteiger partial charge in [-0.15, -0.1) is 0 Å². The number of likely N-dealkylation sites (tertiary alicyclic amines) is 1. The normalized spacial score (nSPS) is 17.8. The molecule has 3 rings (SSSR count). The van der Waals surface area contributed by atoms with E-state index < -0.39 is 0 Å². The van der Waals surface area contributed by atoms with E-state index in [9.17, 15) is 4.79 Å². The van der Waals surface area contributed by atoms with Crippen molar-refractivity contribution in [2.24, 2.45) is 0 Å². The summed E-state index contributed by atoms with van der Waals surface area (Å²) in [6.07, 6.45) is 7.49. The van der Waals surface area contributed by atoms with Crippen LogP contribution in [0.1, 0.15) is 16.8 Å². The fraction of sp³-hybridized carbons (Fsp3) is 0.267. The lowest BCUT2D eigenvalue weighted by Gasteiger charge is -2.17. The van der Waals surface area contributed by atoms with E-state index in [0.29, 0.717) is 18.7 Å². The minimum Gasteiger partial charge on any atom is -0.488 e. The zero-order chi connectivity index (χ0) is 14.7. The standard InChI is InChI=1S/C15H14BrN3O2/c16-12-7-11(8-18-9-12)15(20)19-6-3-14(10-19)21-13-1-4-17-5-2-13/h1-2,4-5,7-9,14H,3,6,10H2. The molecular weight excluding hydrogens is 334 g/mol. The lowest BCUT2D eigenvalue weighted by atomic mass is 10.2. The summed E-state index contributed by atoms with van der Waals surface area (Å²) >= 11 is 3.33. The second kappa shape index (κ2) is 6.22. The first kappa shape index (κ1) is 14.0. The van der Waals surface area contributed by atoms with Gasteiger partial charge in [0.2, 0.25) is 0 Å². The monoisotopic (exact) mass is 347 g/mol. The third-order valence-corrected chi connectivity index (χ3v) is 3.77. The Hall–Kier alpha value is -1.95. The van der Waals surface area contributed by atoms with Crippen LogP contribution in [-0.2, 0) is 0 Å². The Kier molecular flexibility index (Phi) is 4.15. The molecule has 21 heavy (non-hydrogen) atoms. The molecule has 2 aromatic heterocycles. The lowest BCUT2D eigenvalue weighted by molar-refractivity contribution is 0.0772. The van der Waals surface area contributed by atoms with Crippen molar-refractivity contribution in [3.63, 3.8) is 0 Å². The summed E-state index contributed by atoms with van der Waals surface area (Å²) in [5, 5.41) is 0. The van der Waals surface area contributed by atoms with Gasteiger partial charge in [-0.05, 0) is 34.1 Å². The fourth-order valence-electron chi connectivity index (χ4n) is 2.33. The van der Waals surface area contributed by atoms with Crippen molar-refractivity contribution in [2.45, 2.75) is 12.5 Å². The van der Waals surface area contributed by atoms with Crippen molar-refractivity contribution < 1.29 is 9.53 Å². The predicted octanol–water partition coefficient (Wildman–Crippen LogP) is 2.53. The Bertz CT molecular complexity index is 636. The average Bonchev–Trinajstić information content (AvgIpc) is 2.96. The Morgan fingerprint density at radius 2 is 2.10 bits per heavy atom. The molecule has 0 saturated carbocycles. The van der Waals surface area contributed by atoms with Crippen LogP contribution in [0.15, 0.2) is 47.5 Å². The summed E-state index contributed by atoms with van der Waals surface area (Å²) in [7, 11) is 0. The smallest absolute Gasteiger partial charge is 0.255 e. The fourth-order valence-corrected chi connectivity index (χ4v) is 2.69. The molecule has 0 aromatic carbocycles. The summed E-state index contributed by atoms with van der Waals surface area (Å²) in [5.41, 5.74) is 0.592. The summed E-state index contributed by atoms with van der Waals surface area (Å²) in [4.78, 5) is 22.2. The number of rotatable bonds is 3. The molecule has 0 radical (unpaired) electrons. The van der Waals surface area contributed by atoms with E-state index in [1.165, 1.54) is 0 Å². The van der Waals surface area contributed by atoms with Crippen molar-refractivity contribution >= 4 is 21.8 Å². The van der Waals surface area contributed by atoms with Gasteiger partial charge in [0.15, 0.2) is 0 Å². The third kappa shape index (κ3) is 3.39. The van der Waals surface area contributed by atoms with Gasteiger partial charge in [-0.3, -0.25) is 14.8 Å². The maximum atomic E-state index is 12.4. The Balaban J connectivity index is 1.63. The number of hydrogen-bond donors (Lipinski definition) is 0. The number of halogens is 1. The van der Waals surface area contributed by atoms with E-state index in [1.54, 1.807) is 35.8 Å². The van der Waals surface area contributed by atoms with Crippen LogP contribution in [0.3, 0.4) is 0 Å². The van der Waals surface area contributed by atoms with Crippen LogP contribution in [0.2, 0.25) is 0 Å². The van der Waals surface area contributed by atoms with E-state index >= 15 is 0 Å². The second-order valence-electron chi connectivity index (χ2n) is 4.85. The van der Waals surface area contributed by atoms with E-state index in [0.717, 1.165) is 16.6 Å². The molecule has 1 atom stereocenters. The number of ether oxygens (including phenoxy) is 1. The van der Waals surface area contributed by atoms with Gasteiger partial charge >= 0.3 is 0 Å². The first-order valence-electron chi connectivity index (χ1n) is 6.69. The maximum absolute atomic E-state index is 12.4. The Labute approximate surface area is 131 Å². The number of carbonyl (C=O) groups is 1. The summed E-state index contributed by atoms with van der Waals surface area (Å²) in [6, 6.07) is 5.43. The largest absolute Gasteiger partial charge is 0.488 e. The minimum absolute atomic E-state index is 0.00960. The van der Waals surface area contributed by atoms with Gasteiger partial charge in [0.05, 0.1) is 12.1 Å². The van der Waals surface area contributed by atoms with Crippen LogP contribution in [-0.4, -0.2) is 40.0 Å². The molecule has 1 fully saturated rings. The zero-order valence-electron chi connectivity index (χ0n) is 11.3. The minimum atomic E-state index is -0.00960. The Morgan fingerprint density at radius 1 is 1.29 bits per heavy atom. The highest BCUT2D eigenvalue weighted by molar-refractivity contribution is 9.10.